The van der Waals surface area contributed by atoms with Gasteiger partial charge in [0.05, 0.1) is 11.1 Å². The first-order valence-corrected chi connectivity index (χ1v) is 7.35. The van der Waals surface area contributed by atoms with Gasteiger partial charge in [0, 0.05) is 18.8 Å². The average Bonchev–Trinajstić information content (AvgIpc) is 2.38. The van der Waals surface area contributed by atoms with Gasteiger partial charge < -0.3 is 5.11 Å². The molecule has 1 aromatic heterocycles. The summed E-state index contributed by atoms with van der Waals surface area (Å²) >= 11 is 1.66. The first-order valence-electron chi connectivity index (χ1n) is 6.12. The summed E-state index contributed by atoms with van der Waals surface area (Å²) in [5.41, 5.74) is 1.23. The first-order chi connectivity index (χ1) is 8.20. The molecule has 94 valence electrons. The van der Waals surface area contributed by atoms with Gasteiger partial charge in [0.25, 0.3) is 0 Å². The topological polar surface area (TPSA) is 36.4 Å². The molecule has 0 radical (unpaired) electrons. The van der Waals surface area contributed by atoms with E-state index in [1.165, 1.54) is 5.56 Å². The van der Waals surface area contributed by atoms with Crippen LogP contribution in [0.3, 0.4) is 0 Å². The number of nitrogens with zero attached hydrogens (tertiary/aromatic N) is 2. The number of rotatable bonds is 3. The normalized spacial score (nSPS) is 23.6. The summed E-state index contributed by atoms with van der Waals surface area (Å²) < 4.78 is 0. The summed E-state index contributed by atoms with van der Waals surface area (Å²) in [6, 6.07) is 4.55. The van der Waals surface area contributed by atoms with E-state index in [2.05, 4.69) is 28.9 Å². The highest BCUT2D eigenvalue weighted by Gasteiger charge is 2.22. The number of pyridine rings is 1. The standard InChI is InChI=1S/C13H20N2OS/c1-10(15-7-3-4-12(16)9-15)11-5-6-13(17-2)14-8-11/h5-6,8,10,12,16H,3-4,7,9H2,1-2H3/t10?,12-/m1/s1. The maximum Gasteiger partial charge on any atom is 0.0957 e. The lowest BCUT2D eigenvalue weighted by molar-refractivity contribution is 0.0503. The molecule has 1 aliphatic rings. The lowest BCUT2D eigenvalue weighted by atomic mass is 10.0. The van der Waals surface area contributed by atoms with E-state index in [9.17, 15) is 5.11 Å². The zero-order chi connectivity index (χ0) is 12.3. The van der Waals surface area contributed by atoms with Crippen LogP contribution in [-0.2, 0) is 0 Å². The van der Waals surface area contributed by atoms with Crippen LogP contribution in [0.25, 0.3) is 0 Å². The van der Waals surface area contributed by atoms with Gasteiger partial charge >= 0.3 is 0 Å². The van der Waals surface area contributed by atoms with Crippen molar-refractivity contribution in [1.82, 2.24) is 9.88 Å². The zero-order valence-corrected chi connectivity index (χ0v) is 11.3. The van der Waals surface area contributed by atoms with E-state index in [0.717, 1.165) is 31.0 Å². The van der Waals surface area contributed by atoms with Gasteiger partial charge in [0.1, 0.15) is 0 Å². The van der Waals surface area contributed by atoms with Crippen molar-refractivity contribution in [2.75, 3.05) is 19.3 Å². The number of aromatic nitrogens is 1. The minimum absolute atomic E-state index is 0.162. The third-order valence-electron chi connectivity index (χ3n) is 3.43. The van der Waals surface area contributed by atoms with Crippen molar-refractivity contribution in [3.63, 3.8) is 0 Å². The van der Waals surface area contributed by atoms with Gasteiger partial charge in [-0.25, -0.2) is 4.98 Å². The van der Waals surface area contributed by atoms with Crippen LogP contribution >= 0.6 is 11.8 Å². The molecule has 1 saturated heterocycles. The molecule has 0 aromatic carbocycles. The Morgan fingerprint density at radius 2 is 2.35 bits per heavy atom. The van der Waals surface area contributed by atoms with E-state index < -0.39 is 0 Å². The maximum atomic E-state index is 9.70. The fraction of sp³-hybridized carbons (Fsp3) is 0.615. The van der Waals surface area contributed by atoms with Crippen molar-refractivity contribution < 1.29 is 5.11 Å². The second-order valence-electron chi connectivity index (χ2n) is 4.60. The number of piperidine rings is 1. The summed E-state index contributed by atoms with van der Waals surface area (Å²) in [4.78, 5) is 6.74. The highest BCUT2D eigenvalue weighted by Crippen LogP contribution is 2.24. The number of thioether (sulfide) groups is 1. The fourth-order valence-corrected chi connectivity index (χ4v) is 2.67. The molecule has 17 heavy (non-hydrogen) atoms. The van der Waals surface area contributed by atoms with Crippen LogP contribution in [-0.4, -0.2) is 40.4 Å². The largest absolute Gasteiger partial charge is 0.392 e. The van der Waals surface area contributed by atoms with Crippen molar-refractivity contribution in [2.45, 2.75) is 36.9 Å². The molecule has 1 aromatic rings. The smallest absolute Gasteiger partial charge is 0.0957 e. The summed E-state index contributed by atoms with van der Waals surface area (Å²) in [5, 5.41) is 10.8. The Morgan fingerprint density at radius 1 is 1.53 bits per heavy atom. The molecule has 4 heteroatoms. The molecular weight excluding hydrogens is 232 g/mol. The van der Waals surface area contributed by atoms with Gasteiger partial charge in [0.2, 0.25) is 0 Å². The van der Waals surface area contributed by atoms with E-state index in [1.807, 2.05) is 12.5 Å². The fourth-order valence-electron chi connectivity index (χ4n) is 2.31. The second kappa shape index (κ2) is 5.85. The number of hydrogen-bond acceptors (Lipinski definition) is 4. The van der Waals surface area contributed by atoms with Crippen molar-refractivity contribution in [2.24, 2.45) is 0 Å². The van der Waals surface area contributed by atoms with E-state index in [4.69, 9.17) is 0 Å². The molecule has 1 unspecified atom stereocenters. The number of aliphatic hydroxyl groups excluding tert-OH is 1. The Bertz CT molecular complexity index is 355. The molecule has 2 rings (SSSR count). The molecule has 1 aliphatic heterocycles. The summed E-state index contributed by atoms with van der Waals surface area (Å²) in [5.74, 6) is 0. The van der Waals surface area contributed by atoms with Crippen molar-refractivity contribution in [1.29, 1.82) is 0 Å². The third-order valence-corrected chi connectivity index (χ3v) is 4.09. The van der Waals surface area contributed by atoms with Crippen LogP contribution in [0, 0.1) is 0 Å². The number of β-amino-alcohol motifs (C(OH)–C–C–N with tert-alkyl or cyclic N) is 1. The van der Waals surface area contributed by atoms with E-state index in [0.29, 0.717) is 6.04 Å². The highest BCUT2D eigenvalue weighted by molar-refractivity contribution is 7.98. The zero-order valence-electron chi connectivity index (χ0n) is 10.5. The molecule has 3 nitrogen and oxygen atoms in total. The Kier molecular flexibility index (Phi) is 4.42. The van der Waals surface area contributed by atoms with Crippen LogP contribution in [0.1, 0.15) is 31.4 Å². The molecule has 1 N–H and O–H groups in total. The molecule has 2 heterocycles. The second-order valence-corrected chi connectivity index (χ2v) is 5.43. The lowest BCUT2D eigenvalue weighted by Crippen LogP contribution is -2.39. The SMILES string of the molecule is CSc1ccc(C(C)N2CCC[C@@H](O)C2)cn1. The molecule has 0 amide bonds. The molecule has 0 bridgehead atoms. The van der Waals surface area contributed by atoms with Crippen LogP contribution in [0.2, 0.25) is 0 Å². The summed E-state index contributed by atoms with van der Waals surface area (Å²) in [6.45, 7) is 4.04. The predicted octanol–water partition coefficient (Wildman–Crippen LogP) is 2.32. The monoisotopic (exact) mass is 252 g/mol. The minimum atomic E-state index is -0.162. The Balaban J connectivity index is 2.04. The molecule has 1 fully saturated rings. The van der Waals surface area contributed by atoms with E-state index in [1.54, 1.807) is 11.8 Å². The number of hydrogen-bond donors (Lipinski definition) is 1. The Hall–Kier alpha value is -0.580. The Labute approximate surface area is 107 Å². The Morgan fingerprint density at radius 3 is 2.94 bits per heavy atom. The van der Waals surface area contributed by atoms with Gasteiger partial charge in [-0.3, -0.25) is 4.90 Å². The minimum Gasteiger partial charge on any atom is -0.392 e. The van der Waals surface area contributed by atoms with Crippen LogP contribution in [0.5, 0.6) is 0 Å². The lowest BCUT2D eigenvalue weighted by Gasteiger charge is -2.34. The van der Waals surface area contributed by atoms with Crippen LogP contribution in [0.4, 0.5) is 0 Å². The molecule has 2 atom stereocenters. The average molecular weight is 252 g/mol. The van der Waals surface area contributed by atoms with Gasteiger partial charge in [-0.2, -0.15) is 0 Å². The quantitative estimate of drug-likeness (QED) is 0.838. The molecule has 0 aliphatic carbocycles. The van der Waals surface area contributed by atoms with Crippen LogP contribution in [0.15, 0.2) is 23.4 Å². The van der Waals surface area contributed by atoms with E-state index >= 15 is 0 Å². The number of likely N-dealkylation sites (tertiary alicyclic amines) is 1. The van der Waals surface area contributed by atoms with Gasteiger partial charge in [-0.05, 0) is 44.2 Å². The van der Waals surface area contributed by atoms with Gasteiger partial charge in [-0.1, -0.05) is 6.07 Å². The van der Waals surface area contributed by atoms with Crippen molar-refractivity contribution >= 4 is 11.8 Å². The van der Waals surface area contributed by atoms with Gasteiger partial charge in [0.15, 0.2) is 0 Å². The van der Waals surface area contributed by atoms with Gasteiger partial charge in [-0.15, -0.1) is 11.8 Å². The molecule has 0 spiro atoms. The van der Waals surface area contributed by atoms with E-state index in [-0.39, 0.29) is 6.10 Å². The molecule has 0 saturated carbocycles. The maximum absolute atomic E-state index is 9.70. The highest BCUT2D eigenvalue weighted by atomic mass is 32.2. The summed E-state index contributed by atoms with van der Waals surface area (Å²) in [6.07, 6.45) is 5.85. The molecular formula is C13H20N2OS. The van der Waals surface area contributed by atoms with Crippen LogP contribution < -0.4 is 0 Å². The summed E-state index contributed by atoms with van der Waals surface area (Å²) in [7, 11) is 0. The predicted molar refractivity (Wildman–Crippen MR) is 71.2 cm³/mol. The first kappa shape index (κ1) is 12.9. The number of aliphatic hydroxyl groups is 1. The third kappa shape index (κ3) is 3.21. The van der Waals surface area contributed by atoms with Crippen molar-refractivity contribution in [3.8, 4) is 0 Å². The van der Waals surface area contributed by atoms with Crippen molar-refractivity contribution in [3.05, 3.63) is 23.9 Å².